The van der Waals surface area contributed by atoms with E-state index in [9.17, 15) is 4.79 Å². The number of amides is 1. The number of aliphatic hydroxyl groups is 1. The van der Waals surface area contributed by atoms with Gasteiger partial charge in [0, 0.05) is 12.0 Å². The van der Waals surface area contributed by atoms with Crippen LogP contribution in [0.25, 0.3) is 0 Å². The maximum Gasteiger partial charge on any atom is 0.243 e. The second-order valence-corrected chi connectivity index (χ2v) is 3.35. The van der Waals surface area contributed by atoms with E-state index in [-0.39, 0.29) is 11.7 Å². The summed E-state index contributed by atoms with van der Waals surface area (Å²) in [6.45, 7) is 10.6. The van der Waals surface area contributed by atoms with Crippen molar-refractivity contribution in [2.24, 2.45) is 0 Å². The molecule has 0 rings (SSSR count). The van der Waals surface area contributed by atoms with Crippen molar-refractivity contribution in [1.29, 1.82) is 0 Å². The molecule has 0 aliphatic rings. The fourth-order valence-electron chi connectivity index (χ4n) is 1.06. The quantitative estimate of drug-likeness (QED) is 0.505. The molecule has 1 amide bonds. The van der Waals surface area contributed by atoms with E-state index in [2.05, 4.69) is 18.5 Å². The Hall–Kier alpha value is -1.25. The van der Waals surface area contributed by atoms with Crippen LogP contribution in [0.4, 0.5) is 0 Å². The van der Waals surface area contributed by atoms with Crippen LogP contribution < -0.4 is 5.32 Å². The minimum absolute atomic E-state index is 0.0775. The minimum atomic E-state index is -0.433. The molecule has 0 bridgehead atoms. The number of aliphatic hydroxyl groups excluding tert-OH is 1. The zero-order valence-corrected chi connectivity index (χ0v) is 8.26. The van der Waals surface area contributed by atoms with Crippen molar-refractivity contribution in [3.63, 3.8) is 0 Å². The van der Waals surface area contributed by atoms with E-state index in [0.29, 0.717) is 6.42 Å². The molecular formula is C10H17NO2. The van der Waals surface area contributed by atoms with Gasteiger partial charge in [-0.1, -0.05) is 20.1 Å². The molecule has 0 heterocycles. The highest BCUT2D eigenvalue weighted by molar-refractivity contribution is 5.87. The van der Waals surface area contributed by atoms with Gasteiger partial charge in [0.05, 0.1) is 5.76 Å². The number of rotatable bonds is 5. The monoisotopic (exact) mass is 183 g/mol. The highest BCUT2D eigenvalue weighted by Crippen LogP contribution is 2.17. The van der Waals surface area contributed by atoms with E-state index < -0.39 is 5.54 Å². The van der Waals surface area contributed by atoms with Crippen LogP contribution in [0.15, 0.2) is 25.0 Å². The third kappa shape index (κ3) is 4.35. The lowest BCUT2D eigenvalue weighted by atomic mass is 9.93. The standard InChI is InChI=1S/C10H17NO2/c1-5-9(13)11-10(4,6-2)7-8(3)12/h5,12H,1,3,6-7H2,2,4H3,(H,11,13). The van der Waals surface area contributed by atoms with Crippen LogP contribution in [0.2, 0.25) is 0 Å². The molecule has 1 atom stereocenters. The van der Waals surface area contributed by atoms with Gasteiger partial charge in [-0.2, -0.15) is 0 Å². The zero-order valence-electron chi connectivity index (χ0n) is 8.26. The van der Waals surface area contributed by atoms with Gasteiger partial charge in [0.2, 0.25) is 5.91 Å². The molecule has 0 saturated heterocycles. The van der Waals surface area contributed by atoms with Crippen molar-refractivity contribution in [2.45, 2.75) is 32.2 Å². The predicted molar refractivity (Wildman–Crippen MR) is 53.4 cm³/mol. The first-order valence-electron chi connectivity index (χ1n) is 4.25. The Bertz CT molecular complexity index is 223. The fraction of sp³-hybridized carbons (Fsp3) is 0.500. The van der Waals surface area contributed by atoms with Gasteiger partial charge in [0.15, 0.2) is 0 Å². The Kier molecular flexibility index (Phi) is 4.25. The normalized spacial score (nSPS) is 14.3. The molecule has 13 heavy (non-hydrogen) atoms. The maximum absolute atomic E-state index is 11.0. The first-order valence-corrected chi connectivity index (χ1v) is 4.25. The second kappa shape index (κ2) is 4.70. The van der Waals surface area contributed by atoms with Crippen molar-refractivity contribution in [3.05, 3.63) is 25.0 Å². The third-order valence-corrected chi connectivity index (χ3v) is 1.98. The number of nitrogens with one attached hydrogen (secondary N) is 1. The highest BCUT2D eigenvalue weighted by Gasteiger charge is 2.23. The molecule has 1 unspecified atom stereocenters. The van der Waals surface area contributed by atoms with Crippen LogP contribution >= 0.6 is 0 Å². The van der Waals surface area contributed by atoms with E-state index in [0.717, 1.165) is 6.42 Å². The van der Waals surface area contributed by atoms with Crippen molar-refractivity contribution in [2.75, 3.05) is 0 Å². The smallest absolute Gasteiger partial charge is 0.243 e. The first kappa shape index (κ1) is 11.8. The molecule has 2 N–H and O–H groups in total. The Morgan fingerprint density at radius 3 is 2.54 bits per heavy atom. The van der Waals surface area contributed by atoms with Gasteiger partial charge >= 0.3 is 0 Å². The van der Waals surface area contributed by atoms with Crippen molar-refractivity contribution < 1.29 is 9.90 Å². The molecule has 74 valence electrons. The largest absolute Gasteiger partial charge is 0.513 e. The van der Waals surface area contributed by atoms with Gasteiger partial charge in [-0.25, -0.2) is 0 Å². The van der Waals surface area contributed by atoms with E-state index in [1.807, 2.05) is 13.8 Å². The third-order valence-electron chi connectivity index (χ3n) is 1.98. The van der Waals surface area contributed by atoms with Gasteiger partial charge in [-0.15, -0.1) is 0 Å². The molecule has 0 aromatic heterocycles. The van der Waals surface area contributed by atoms with E-state index in [1.54, 1.807) is 0 Å². The molecule has 0 fully saturated rings. The lowest BCUT2D eigenvalue weighted by molar-refractivity contribution is -0.118. The average Bonchev–Trinajstić information content (AvgIpc) is 2.02. The summed E-state index contributed by atoms with van der Waals surface area (Å²) in [5.41, 5.74) is -0.433. The van der Waals surface area contributed by atoms with Gasteiger partial charge < -0.3 is 10.4 Å². The van der Waals surface area contributed by atoms with Gasteiger partial charge in [-0.3, -0.25) is 4.79 Å². The Morgan fingerprint density at radius 1 is 1.69 bits per heavy atom. The zero-order chi connectivity index (χ0) is 10.5. The summed E-state index contributed by atoms with van der Waals surface area (Å²) in [5.74, 6) is -0.153. The average molecular weight is 183 g/mol. The van der Waals surface area contributed by atoms with Crippen LogP contribution in [-0.2, 0) is 4.79 Å². The molecule has 0 aromatic rings. The molecule has 0 aliphatic carbocycles. The van der Waals surface area contributed by atoms with Crippen molar-refractivity contribution in [3.8, 4) is 0 Å². The number of hydrogen-bond acceptors (Lipinski definition) is 2. The van der Waals surface area contributed by atoms with Crippen LogP contribution in [-0.4, -0.2) is 16.6 Å². The van der Waals surface area contributed by atoms with Gasteiger partial charge in [0.1, 0.15) is 0 Å². The topological polar surface area (TPSA) is 49.3 Å². The molecule has 0 saturated carbocycles. The van der Waals surface area contributed by atoms with E-state index in [1.165, 1.54) is 6.08 Å². The SMILES string of the molecule is C=CC(=O)NC(C)(CC)CC(=C)O. The summed E-state index contributed by atoms with van der Waals surface area (Å²) in [6.07, 6.45) is 2.31. The number of carbonyl (C=O) groups excluding carboxylic acids is 1. The molecule has 3 nitrogen and oxygen atoms in total. The number of hydrogen-bond donors (Lipinski definition) is 2. The fourth-order valence-corrected chi connectivity index (χ4v) is 1.06. The van der Waals surface area contributed by atoms with Crippen molar-refractivity contribution in [1.82, 2.24) is 5.32 Å². The lowest BCUT2D eigenvalue weighted by Gasteiger charge is -2.28. The molecule has 0 aliphatic heterocycles. The van der Waals surface area contributed by atoms with Gasteiger partial charge in [0.25, 0.3) is 0 Å². The minimum Gasteiger partial charge on any atom is -0.513 e. The summed E-state index contributed by atoms with van der Waals surface area (Å²) >= 11 is 0. The van der Waals surface area contributed by atoms with Crippen molar-refractivity contribution >= 4 is 5.91 Å². The van der Waals surface area contributed by atoms with Crippen LogP contribution in [0, 0.1) is 0 Å². The van der Waals surface area contributed by atoms with Gasteiger partial charge in [-0.05, 0) is 19.4 Å². The summed E-state index contributed by atoms with van der Waals surface area (Å²) in [7, 11) is 0. The predicted octanol–water partition coefficient (Wildman–Crippen LogP) is 1.92. The molecule has 0 spiro atoms. The van der Waals surface area contributed by atoms with Crippen LogP contribution in [0.1, 0.15) is 26.7 Å². The lowest BCUT2D eigenvalue weighted by Crippen LogP contribution is -2.45. The molecule has 0 aromatic carbocycles. The van der Waals surface area contributed by atoms with E-state index >= 15 is 0 Å². The number of carbonyl (C=O) groups is 1. The summed E-state index contributed by atoms with van der Waals surface area (Å²) in [4.78, 5) is 11.0. The summed E-state index contributed by atoms with van der Waals surface area (Å²) < 4.78 is 0. The van der Waals surface area contributed by atoms with Crippen LogP contribution in [0.5, 0.6) is 0 Å². The summed E-state index contributed by atoms with van der Waals surface area (Å²) in [5, 5.41) is 11.8. The Labute approximate surface area is 79.2 Å². The highest BCUT2D eigenvalue weighted by atomic mass is 16.3. The van der Waals surface area contributed by atoms with E-state index in [4.69, 9.17) is 5.11 Å². The maximum atomic E-state index is 11.0. The summed E-state index contributed by atoms with van der Waals surface area (Å²) in [6, 6.07) is 0. The second-order valence-electron chi connectivity index (χ2n) is 3.35. The molecule has 0 radical (unpaired) electrons. The van der Waals surface area contributed by atoms with Crippen LogP contribution in [0.3, 0.4) is 0 Å². The Balaban J connectivity index is 4.35. The molecular weight excluding hydrogens is 166 g/mol. The first-order chi connectivity index (χ1) is 5.93. The Morgan fingerprint density at radius 2 is 2.23 bits per heavy atom. The molecule has 3 heteroatoms.